The van der Waals surface area contributed by atoms with E-state index in [2.05, 4.69) is 18.9 Å². The summed E-state index contributed by atoms with van der Waals surface area (Å²) in [7, 11) is 1.65. The van der Waals surface area contributed by atoms with E-state index in [1.165, 1.54) is 23.0 Å². The van der Waals surface area contributed by atoms with Crippen molar-refractivity contribution in [2.75, 3.05) is 7.11 Å². The molecule has 0 unspecified atom stereocenters. The Morgan fingerprint density at radius 1 is 1.05 bits per heavy atom. The Kier molecular flexibility index (Phi) is 6.44. The van der Waals surface area contributed by atoms with Gasteiger partial charge in [0, 0.05) is 11.1 Å². The minimum absolute atomic E-state index is 0.200. The molecule has 186 valence electrons. The highest BCUT2D eigenvalue weighted by Crippen LogP contribution is 2.34. The largest absolute Gasteiger partial charge is 0.496 e. The molecule has 7 heteroatoms. The van der Waals surface area contributed by atoms with Crippen LogP contribution in [0.4, 0.5) is 4.39 Å². The zero-order chi connectivity index (χ0) is 26.1. The second-order valence-electron chi connectivity index (χ2n) is 9.09. The quantitative estimate of drug-likeness (QED) is 0.243. The van der Waals surface area contributed by atoms with E-state index >= 15 is 0 Å². The number of nitrogens with zero attached hydrogens (tertiary/aromatic N) is 3. The number of hydrogen-bond donors (Lipinski definition) is 0. The van der Waals surface area contributed by atoms with Gasteiger partial charge >= 0.3 is 0 Å². The summed E-state index contributed by atoms with van der Waals surface area (Å²) in [5.74, 6) is 2.11. The second-order valence-corrected chi connectivity index (χ2v) is 9.09. The highest BCUT2D eigenvalue weighted by molar-refractivity contribution is 5.82. The number of para-hydroxylation sites is 1. The molecule has 0 aliphatic heterocycles. The van der Waals surface area contributed by atoms with Crippen molar-refractivity contribution in [3.05, 3.63) is 106 Å². The van der Waals surface area contributed by atoms with Crippen LogP contribution in [-0.4, -0.2) is 23.0 Å². The molecule has 2 heterocycles. The van der Waals surface area contributed by atoms with Crippen LogP contribution in [0.1, 0.15) is 36.7 Å². The van der Waals surface area contributed by atoms with E-state index in [9.17, 15) is 9.18 Å². The van der Waals surface area contributed by atoms with E-state index in [1.807, 2.05) is 31.2 Å². The molecule has 0 atom stereocenters. The van der Waals surface area contributed by atoms with Crippen molar-refractivity contribution in [2.45, 2.75) is 26.7 Å². The molecule has 0 bridgehead atoms. The highest BCUT2D eigenvalue weighted by Gasteiger charge is 2.18. The molecule has 0 N–H and O–H groups in total. The molecule has 0 amide bonds. The number of fused-ring (bicyclic) bond motifs is 1. The lowest BCUT2D eigenvalue weighted by Crippen LogP contribution is -2.20. The Morgan fingerprint density at radius 2 is 1.81 bits per heavy atom. The summed E-state index contributed by atoms with van der Waals surface area (Å²) in [5, 5.41) is 4.98. The predicted molar refractivity (Wildman–Crippen MR) is 144 cm³/mol. The molecular weight excluding hydrogens is 469 g/mol. The number of ether oxygens (including phenoxy) is 1. The monoisotopic (exact) mass is 495 g/mol. The van der Waals surface area contributed by atoms with E-state index < -0.39 is 0 Å². The van der Waals surface area contributed by atoms with Crippen LogP contribution in [-0.2, 0) is 0 Å². The number of aryl methyl sites for hydroxylation is 1. The molecule has 0 aliphatic rings. The smallest absolute Gasteiger partial charge is 0.282 e. The molecule has 6 nitrogen and oxygen atoms in total. The van der Waals surface area contributed by atoms with Crippen LogP contribution < -0.4 is 10.3 Å². The van der Waals surface area contributed by atoms with Crippen LogP contribution in [0.2, 0.25) is 0 Å². The van der Waals surface area contributed by atoms with Gasteiger partial charge < -0.3 is 9.15 Å². The van der Waals surface area contributed by atoms with Crippen LogP contribution in [0.25, 0.3) is 33.6 Å². The van der Waals surface area contributed by atoms with E-state index in [1.54, 1.807) is 43.5 Å². The Balaban J connectivity index is 1.65. The maximum absolute atomic E-state index is 13.6. The van der Waals surface area contributed by atoms with Gasteiger partial charge in [0.25, 0.3) is 5.56 Å². The number of hydrogen-bond acceptors (Lipinski definition) is 5. The van der Waals surface area contributed by atoms with Crippen molar-refractivity contribution in [1.82, 2.24) is 9.66 Å². The fraction of sp³-hybridized carbons (Fsp3) is 0.167. The number of aromatic nitrogens is 2. The molecule has 0 spiro atoms. The first-order valence-electron chi connectivity index (χ1n) is 12.0. The molecule has 3 aromatic carbocycles. The Hall–Kier alpha value is -4.52. The van der Waals surface area contributed by atoms with Crippen molar-refractivity contribution >= 4 is 17.1 Å². The molecular formula is C30H26FN3O3. The van der Waals surface area contributed by atoms with Crippen LogP contribution in [0.15, 0.2) is 87.1 Å². The van der Waals surface area contributed by atoms with Gasteiger partial charge in [-0.3, -0.25) is 4.79 Å². The Bertz CT molecular complexity index is 1680. The molecule has 0 saturated carbocycles. The average Bonchev–Trinajstić information content (AvgIpc) is 3.37. The maximum Gasteiger partial charge on any atom is 0.282 e. The second kappa shape index (κ2) is 9.85. The topological polar surface area (TPSA) is 69.6 Å². The summed E-state index contributed by atoms with van der Waals surface area (Å²) in [6.45, 7) is 6.14. The fourth-order valence-corrected chi connectivity index (χ4v) is 4.28. The summed E-state index contributed by atoms with van der Waals surface area (Å²) in [4.78, 5) is 18.4. The summed E-state index contributed by atoms with van der Waals surface area (Å²) in [5.41, 5.74) is 3.74. The lowest BCUT2D eigenvalue weighted by molar-refractivity contribution is 0.407. The minimum atomic E-state index is -0.317. The molecule has 0 radical (unpaired) electrons. The van der Waals surface area contributed by atoms with Crippen LogP contribution in [0.5, 0.6) is 5.75 Å². The van der Waals surface area contributed by atoms with Crippen LogP contribution in [0, 0.1) is 12.7 Å². The summed E-state index contributed by atoms with van der Waals surface area (Å²) >= 11 is 0. The number of benzene rings is 3. The Morgan fingerprint density at radius 3 is 2.54 bits per heavy atom. The third kappa shape index (κ3) is 4.68. The van der Waals surface area contributed by atoms with Crippen molar-refractivity contribution in [3.63, 3.8) is 0 Å². The molecule has 2 aromatic heterocycles. The third-order valence-electron chi connectivity index (χ3n) is 6.25. The molecule has 5 aromatic rings. The van der Waals surface area contributed by atoms with Gasteiger partial charge in [-0.05, 0) is 84.6 Å². The summed E-state index contributed by atoms with van der Waals surface area (Å²) in [6.07, 6.45) is 1.48. The third-order valence-corrected chi connectivity index (χ3v) is 6.25. The number of furan rings is 1. The lowest BCUT2D eigenvalue weighted by atomic mass is 9.96. The van der Waals surface area contributed by atoms with E-state index in [0.29, 0.717) is 28.2 Å². The molecule has 5 rings (SSSR count). The zero-order valence-electron chi connectivity index (χ0n) is 21.0. The number of rotatable bonds is 6. The first-order valence-corrected chi connectivity index (χ1v) is 12.0. The highest BCUT2D eigenvalue weighted by atomic mass is 19.1. The van der Waals surface area contributed by atoms with Gasteiger partial charge in [0.05, 0.1) is 24.2 Å². The normalized spacial score (nSPS) is 11.6. The Labute approximate surface area is 213 Å². The lowest BCUT2D eigenvalue weighted by Gasteiger charge is -2.17. The van der Waals surface area contributed by atoms with Crippen LogP contribution >= 0.6 is 0 Å². The molecule has 0 saturated heterocycles. The number of methoxy groups -OCH3 is 1. The number of halogens is 1. The van der Waals surface area contributed by atoms with Crippen molar-refractivity contribution in [3.8, 4) is 28.5 Å². The predicted octanol–water partition coefficient (Wildman–Crippen LogP) is 6.79. The van der Waals surface area contributed by atoms with Crippen molar-refractivity contribution in [2.24, 2.45) is 5.10 Å². The van der Waals surface area contributed by atoms with Gasteiger partial charge in [-0.1, -0.05) is 26.0 Å². The van der Waals surface area contributed by atoms with Gasteiger partial charge in [0.2, 0.25) is 0 Å². The van der Waals surface area contributed by atoms with Crippen LogP contribution in [0.3, 0.4) is 0 Å². The molecule has 0 fully saturated rings. The van der Waals surface area contributed by atoms with Gasteiger partial charge in [0.1, 0.15) is 23.1 Å². The zero-order valence-corrected chi connectivity index (χ0v) is 21.0. The van der Waals surface area contributed by atoms with E-state index in [0.717, 1.165) is 28.0 Å². The van der Waals surface area contributed by atoms with Gasteiger partial charge in [0.15, 0.2) is 5.82 Å². The summed E-state index contributed by atoms with van der Waals surface area (Å²) in [6, 6.07) is 20.7. The van der Waals surface area contributed by atoms with Crippen molar-refractivity contribution < 1.29 is 13.5 Å². The fourth-order valence-electron chi connectivity index (χ4n) is 4.28. The van der Waals surface area contributed by atoms with E-state index in [4.69, 9.17) is 14.1 Å². The first kappa shape index (κ1) is 24.2. The minimum Gasteiger partial charge on any atom is -0.496 e. The van der Waals surface area contributed by atoms with Crippen molar-refractivity contribution in [1.29, 1.82) is 0 Å². The van der Waals surface area contributed by atoms with Gasteiger partial charge in [-0.2, -0.15) is 9.78 Å². The average molecular weight is 496 g/mol. The molecule has 37 heavy (non-hydrogen) atoms. The first-order chi connectivity index (χ1) is 17.9. The van der Waals surface area contributed by atoms with Gasteiger partial charge in [-0.15, -0.1) is 0 Å². The standard InChI is InChI=1S/C30H26FN3O3/c1-18(2)24-16-25(19(3)15-28(24)36-4)29-33-26-8-6-5-7-23(26)30(35)34(29)32-17-22-13-14-27(37-22)20-9-11-21(31)12-10-20/h5-18H,1-4H3. The van der Waals surface area contributed by atoms with E-state index in [-0.39, 0.29) is 17.3 Å². The SMILES string of the molecule is COc1cc(C)c(-c2nc3ccccc3c(=O)n2N=Cc2ccc(-c3ccc(F)cc3)o2)cc1C(C)C. The summed E-state index contributed by atoms with van der Waals surface area (Å²) < 4.78 is 26.1. The molecule has 0 aliphatic carbocycles. The van der Waals surface area contributed by atoms with Gasteiger partial charge in [-0.25, -0.2) is 9.37 Å². The maximum atomic E-state index is 13.6.